The summed E-state index contributed by atoms with van der Waals surface area (Å²) in [6.07, 6.45) is 17.7. The normalized spacial score (nSPS) is 11.1. The second-order valence-electron chi connectivity index (χ2n) is 38.2. The number of aromatic carboxylic acids is 1. The second kappa shape index (κ2) is 72.4. The molecule has 0 amide bonds. The van der Waals surface area contributed by atoms with E-state index in [2.05, 4.69) is 225 Å². The van der Waals surface area contributed by atoms with Gasteiger partial charge < -0.3 is 44.8 Å². The molecule has 8 aromatic carbocycles. The SMILES string of the molecule is CC(C)Cc1ccc(/C=C/C(=O)O)cc1.CC(C)Cc1ccc(C(=O)O)cc1.CC(C)Cc1ccc(C(=O)OC[C@H](O)CC(F)(F)F)cc1.CC(C)Cc1ccc(CCC(=O)O)cc1.CC(C)Cc1ccc(CCCC(=O)O)cc1.CC(C)Cc1ccc(CCCCCC(=O)O)cc1.CCOC(=O)CCCCCc1ccc(CC(C)C)cc1.CCOC(=O)CCCc1ccc(CC(C)C)cc1. The summed E-state index contributed by atoms with van der Waals surface area (Å²) in [5.41, 5.74) is 18.4. The Kier molecular flexibility index (Phi) is 65.5. The molecular weight excluding hydrogens is 1720 g/mol. The number of ether oxygens (including phenoxy) is 3. The molecular formula is C116H163F3O17. The van der Waals surface area contributed by atoms with E-state index in [-0.39, 0.29) is 30.3 Å². The minimum atomic E-state index is -4.48. The summed E-state index contributed by atoms with van der Waals surface area (Å²) >= 11 is 0. The number of esters is 3. The first-order valence-corrected chi connectivity index (χ1v) is 49.0. The molecule has 0 aliphatic carbocycles. The van der Waals surface area contributed by atoms with Crippen LogP contribution in [0.2, 0.25) is 0 Å². The molecule has 136 heavy (non-hydrogen) atoms. The van der Waals surface area contributed by atoms with Crippen LogP contribution in [0.25, 0.3) is 6.08 Å². The van der Waals surface area contributed by atoms with Crippen LogP contribution in [0.15, 0.2) is 200 Å². The topological polar surface area (TPSA) is 286 Å². The second-order valence-corrected chi connectivity index (χ2v) is 38.2. The predicted molar refractivity (Wildman–Crippen MR) is 545 cm³/mol. The van der Waals surface area contributed by atoms with Crippen LogP contribution in [-0.2, 0) is 126 Å². The number of carboxylic acids is 5. The van der Waals surface area contributed by atoms with Gasteiger partial charge in [0.2, 0.25) is 0 Å². The van der Waals surface area contributed by atoms with Gasteiger partial charge in [0.25, 0.3) is 0 Å². The standard InChI is InChI=1S/C18H28O2.2C16H24O2.C15H19F3O3.C14H20O2.C13H18O2.C13H16O2.C11H14O2/c1-4-20-18(19)9-7-5-6-8-16-10-12-17(13-11-16)14-15(2)3;1-13(2)12-15-10-8-14(9-11-15)6-4-3-5-7-16(17)18;1-4-18-16(17)7-5-6-14-8-10-15(11-9-14)12-13(2)3;1-10(2)7-11-3-5-12(6-4-11)14(20)21-9-13(19)8-15(16,17)18;1-11(2)10-13-8-6-12(7-9-13)4-3-5-14(15)16;2*1-10(2)9-12-5-3-11(4-6-12)7-8-13(14)15;1-8(2)7-9-3-5-10(6-4-9)11(12)13/h10-13,15H,4-9,14H2,1-3H3;8-11,13H,3-7,12H2,1-2H3,(H,17,18);8-11,13H,4-7,12H2,1-3H3;3-6,10,13,19H,7-9H2,1-2H3;6-9,11H,3-5,10H2,1-2H3,(H,15,16);3-6,10H,7-9H2,1-2H3,(H,14,15);3-8,10H,9H2,1-2H3,(H,14,15);3-6,8H,7H2,1-2H3,(H,12,13)/b;;;;;;8-7+;/t;;;13-;;;;/m...1..../s1. The Morgan fingerprint density at radius 3 is 0.809 bits per heavy atom. The minimum Gasteiger partial charge on any atom is -0.481 e. The average molecular weight is 1890 g/mol. The van der Waals surface area contributed by atoms with Gasteiger partial charge in [-0.3, -0.25) is 24.0 Å². The molecule has 6 N–H and O–H groups in total. The maximum atomic E-state index is 12.0. The molecule has 0 aromatic heterocycles. The average Bonchev–Trinajstić information content (AvgIpc) is 0.879. The number of halogens is 3. The Labute approximate surface area is 812 Å². The molecule has 0 unspecified atom stereocenters. The molecule has 0 saturated carbocycles. The van der Waals surface area contributed by atoms with E-state index < -0.39 is 61.1 Å². The van der Waals surface area contributed by atoms with Crippen molar-refractivity contribution in [3.05, 3.63) is 289 Å². The van der Waals surface area contributed by atoms with Crippen molar-refractivity contribution in [1.82, 2.24) is 0 Å². The Morgan fingerprint density at radius 2 is 0.537 bits per heavy atom. The minimum absolute atomic E-state index is 0.0643. The molecule has 8 rings (SSSR count). The van der Waals surface area contributed by atoms with Gasteiger partial charge in [-0.05, 0) is 291 Å². The number of alkyl halides is 3. The number of carbonyl (C=O) groups is 8. The molecule has 8 aromatic rings. The number of unbranched alkanes of at least 4 members (excludes halogenated alkanes) is 4. The monoisotopic (exact) mass is 1890 g/mol. The van der Waals surface area contributed by atoms with Gasteiger partial charge in [0, 0.05) is 38.2 Å². The molecule has 17 nitrogen and oxygen atoms in total. The number of carbonyl (C=O) groups excluding carboxylic acids is 3. The predicted octanol–water partition coefficient (Wildman–Crippen LogP) is 27.5. The van der Waals surface area contributed by atoms with Crippen LogP contribution in [0.3, 0.4) is 0 Å². The molecule has 20 heteroatoms. The Morgan fingerprint density at radius 1 is 0.294 bits per heavy atom. The lowest BCUT2D eigenvalue weighted by Crippen LogP contribution is -2.25. The maximum absolute atomic E-state index is 12.0. The molecule has 750 valence electrons. The first kappa shape index (κ1) is 123. The molecule has 0 bridgehead atoms. The van der Waals surface area contributed by atoms with Gasteiger partial charge in [0.1, 0.15) is 6.61 Å². The van der Waals surface area contributed by atoms with Crippen LogP contribution >= 0.6 is 0 Å². The van der Waals surface area contributed by atoms with Crippen LogP contribution < -0.4 is 0 Å². The molecule has 0 aliphatic heterocycles. The fourth-order valence-electron chi connectivity index (χ4n) is 14.2. The maximum Gasteiger partial charge on any atom is 0.391 e. The summed E-state index contributed by atoms with van der Waals surface area (Å²) in [6, 6.07) is 65.0. The zero-order valence-corrected chi connectivity index (χ0v) is 84.8. The zero-order valence-electron chi connectivity index (χ0n) is 84.8. The number of aliphatic hydroxyl groups excluding tert-OH is 1. The lowest BCUT2D eigenvalue weighted by molar-refractivity contribution is -0.157. The number of hydrogen-bond acceptors (Lipinski definition) is 12. The van der Waals surface area contributed by atoms with Gasteiger partial charge >= 0.3 is 53.9 Å². The molecule has 0 saturated heterocycles. The van der Waals surface area contributed by atoms with E-state index in [4.69, 9.17) is 40.1 Å². The first-order chi connectivity index (χ1) is 64.3. The van der Waals surface area contributed by atoms with Gasteiger partial charge in [0.05, 0.1) is 36.9 Å². The third-order valence-corrected chi connectivity index (χ3v) is 20.6. The highest BCUT2D eigenvalue weighted by Gasteiger charge is 2.32. The molecule has 1 atom stereocenters. The summed E-state index contributed by atoms with van der Waals surface area (Å²) < 4.78 is 50.5. The number of aryl methyl sites for hydroxylation is 5. The van der Waals surface area contributed by atoms with Gasteiger partial charge in [-0.2, -0.15) is 13.2 Å². The van der Waals surface area contributed by atoms with Crippen molar-refractivity contribution >= 4 is 53.8 Å². The van der Waals surface area contributed by atoms with Gasteiger partial charge in [-0.1, -0.05) is 293 Å². The van der Waals surface area contributed by atoms with Crippen LogP contribution in [0.4, 0.5) is 13.2 Å². The van der Waals surface area contributed by atoms with E-state index in [0.717, 1.165) is 151 Å². The summed E-state index contributed by atoms with van der Waals surface area (Å²) in [4.78, 5) is 85.9. The Balaban J connectivity index is 0.000000780. The van der Waals surface area contributed by atoms with Crippen LogP contribution in [0.1, 0.15) is 313 Å². The number of rotatable bonds is 48. The van der Waals surface area contributed by atoms with Crippen LogP contribution in [-0.4, -0.2) is 110 Å². The highest BCUT2D eigenvalue weighted by Crippen LogP contribution is 2.24. The van der Waals surface area contributed by atoms with E-state index >= 15 is 0 Å². The Bertz CT molecular complexity index is 4570. The van der Waals surface area contributed by atoms with E-state index in [1.165, 1.54) is 61.2 Å². The number of carboxylic acid groups (broad SMARTS) is 5. The first-order valence-electron chi connectivity index (χ1n) is 49.0. The smallest absolute Gasteiger partial charge is 0.391 e. The fourth-order valence-corrected chi connectivity index (χ4v) is 14.2. The number of benzene rings is 8. The highest BCUT2D eigenvalue weighted by atomic mass is 19.4. The quantitative estimate of drug-likeness (QED) is 0.00894. The summed E-state index contributed by atoms with van der Waals surface area (Å²) in [7, 11) is 0. The number of aliphatic hydroxyl groups is 1. The molecule has 0 heterocycles. The molecule has 0 aliphatic rings. The lowest BCUT2D eigenvalue weighted by Gasteiger charge is -2.13. The summed E-state index contributed by atoms with van der Waals surface area (Å²) in [5.74, 6) is 0.374. The largest absolute Gasteiger partial charge is 0.481 e. The van der Waals surface area contributed by atoms with Crippen molar-refractivity contribution in [3.8, 4) is 0 Å². The van der Waals surface area contributed by atoms with Crippen molar-refractivity contribution in [2.75, 3.05) is 19.8 Å². The third kappa shape index (κ3) is 68.9. The van der Waals surface area contributed by atoms with E-state index in [1.54, 1.807) is 42.5 Å². The number of hydrogen-bond donors (Lipinski definition) is 6. The Hall–Kier alpha value is -11.0. The number of aliphatic carboxylic acids is 4. The van der Waals surface area contributed by atoms with Crippen molar-refractivity contribution in [1.29, 1.82) is 0 Å². The van der Waals surface area contributed by atoms with Crippen LogP contribution in [0, 0.1) is 47.3 Å². The highest BCUT2D eigenvalue weighted by molar-refractivity contribution is 5.89. The summed E-state index contributed by atoms with van der Waals surface area (Å²) in [6.45, 7) is 39.0. The van der Waals surface area contributed by atoms with Gasteiger partial charge in [-0.15, -0.1) is 0 Å². The zero-order chi connectivity index (χ0) is 102. The van der Waals surface area contributed by atoms with Crippen LogP contribution in [0.5, 0.6) is 0 Å². The molecule has 0 radical (unpaired) electrons. The lowest BCUT2D eigenvalue weighted by atomic mass is 10.00. The van der Waals surface area contributed by atoms with Crippen molar-refractivity contribution in [3.63, 3.8) is 0 Å². The van der Waals surface area contributed by atoms with E-state index in [1.807, 2.05) is 62.4 Å². The van der Waals surface area contributed by atoms with Crippen molar-refractivity contribution < 1.29 is 96.4 Å². The third-order valence-electron chi connectivity index (χ3n) is 20.6. The van der Waals surface area contributed by atoms with Gasteiger partial charge in [0.15, 0.2) is 0 Å². The van der Waals surface area contributed by atoms with Gasteiger partial charge in [-0.25, -0.2) is 14.4 Å². The van der Waals surface area contributed by atoms with Crippen molar-refractivity contribution in [2.45, 2.75) is 310 Å². The summed E-state index contributed by atoms with van der Waals surface area (Å²) in [5, 5.41) is 51.9. The fraction of sp³-hybridized carbons (Fsp3) is 0.500. The van der Waals surface area contributed by atoms with Crippen molar-refractivity contribution in [2.24, 2.45) is 47.3 Å². The molecule has 0 spiro atoms. The van der Waals surface area contributed by atoms with E-state index in [0.29, 0.717) is 91.8 Å². The van der Waals surface area contributed by atoms with E-state index in [9.17, 15) is 51.5 Å². The molecule has 0 fully saturated rings.